The quantitative estimate of drug-likeness (QED) is 0.446. The Labute approximate surface area is 95.1 Å². The Kier molecular flexibility index (Phi) is 5.17. The fourth-order valence-corrected chi connectivity index (χ4v) is 3.44. The van der Waals surface area contributed by atoms with E-state index in [1.165, 1.54) is 4.90 Å². The summed E-state index contributed by atoms with van der Waals surface area (Å²) in [5.74, 6) is 0.200. The second-order valence-corrected chi connectivity index (χ2v) is 5.96. The van der Waals surface area contributed by atoms with E-state index in [0.717, 1.165) is 0 Å². The van der Waals surface area contributed by atoms with Gasteiger partial charge in [-0.05, 0) is 6.42 Å². The van der Waals surface area contributed by atoms with Gasteiger partial charge in [0.1, 0.15) is 0 Å². The van der Waals surface area contributed by atoms with Crippen LogP contribution < -0.4 is 0 Å². The summed E-state index contributed by atoms with van der Waals surface area (Å²) in [6.45, 7) is 0.855. The van der Waals surface area contributed by atoms with Crippen LogP contribution in [0, 0.1) is 0 Å². The van der Waals surface area contributed by atoms with Crippen LogP contribution in [0.2, 0.25) is 0 Å². The number of ether oxygens (including phenoxy) is 1. The summed E-state index contributed by atoms with van der Waals surface area (Å²) in [5, 5.41) is 8.48. The van der Waals surface area contributed by atoms with Crippen molar-refractivity contribution >= 4 is 16.2 Å². The molecule has 16 heavy (non-hydrogen) atoms. The van der Waals surface area contributed by atoms with E-state index in [1.807, 2.05) is 0 Å². The molecule has 1 atom stereocenters. The zero-order chi connectivity index (χ0) is 12.0. The van der Waals surface area contributed by atoms with Gasteiger partial charge in [0.15, 0.2) is 9.84 Å². The number of carbonyl (C=O) groups excluding carboxylic acids is 1. The van der Waals surface area contributed by atoms with E-state index in [2.05, 4.69) is 0 Å². The van der Waals surface area contributed by atoms with Crippen molar-refractivity contribution in [1.82, 2.24) is 4.90 Å². The van der Waals surface area contributed by atoms with Crippen LogP contribution in [0.1, 0.15) is 6.42 Å². The number of amides is 1. The van der Waals surface area contributed by atoms with Crippen molar-refractivity contribution in [2.45, 2.75) is 12.5 Å². The standard InChI is InChI=1S/C9H17NO5S/c11-3-5-15-4-2-10(8-12)9-1-6-16(13,14)7-9/h8-9,11H,1-7H2. The molecule has 1 unspecified atom stereocenters. The number of sulfone groups is 1. The predicted molar refractivity (Wildman–Crippen MR) is 57.7 cm³/mol. The number of hydrogen-bond donors (Lipinski definition) is 1. The average Bonchev–Trinajstić information content (AvgIpc) is 2.59. The zero-order valence-corrected chi connectivity index (χ0v) is 9.86. The minimum Gasteiger partial charge on any atom is -0.394 e. The number of hydrogen-bond acceptors (Lipinski definition) is 5. The second-order valence-electron chi connectivity index (χ2n) is 3.74. The van der Waals surface area contributed by atoms with Crippen LogP contribution in [-0.4, -0.2) is 68.7 Å². The molecule has 0 spiro atoms. The SMILES string of the molecule is O=CN(CCOCCO)C1CCS(=O)(=O)C1. The first-order chi connectivity index (χ1) is 7.59. The normalized spacial score (nSPS) is 23.2. The van der Waals surface area contributed by atoms with Gasteiger partial charge in [-0.2, -0.15) is 0 Å². The highest BCUT2D eigenvalue weighted by Crippen LogP contribution is 2.16. The van der Waals surface area contributed by atoms with Crippen molar-refractivity contribution in [2.24, 2.45) is 0 Å². The van der Waals surface area contributed by atoms with Gasteiger partial charge in [-0.3, -0.25) is 4.79 Å². The lowest BCUT2D eigenvalue weighted by atomic mass is 10.2. The van der Waals surface area contributed by atoms with Crippen LogP contribution in [0.15, 0.2) is 0 Å². The minimum absolute atomic E-state index is 0.0474. The van der Waals surface area contributed by atoms with Crippen LogP contribution in [0.4, 0.5) is 0 Å². The van der Waals surface area contributed by atoms with Gasteiger partial charge in [-0.15, -0.1) is 0 Å². The highest BCUT2D eigenvalue weighted by Gasteiger charge is 2.31. The van der Waals surface area contributed by atoms with E-state index in [4.69, 9.17) is 9.84 Å². The molecular formula is C9H17NO5S. The van der Waals surface area contributed by atoms with Gasteiger partial charge in [-0.25, -0.2) is 8.42 Å². The van der Waals surface area contributed by atoms with E-state index in [1.54, 1.807) is 0 Å². The summed E-state index contributed by atoms with van der Waals surface area (Å²) in [7, 11) is -2.97. The molecular weight excluding hydrogens is 234 g/mol. The molecule has 0 aromatic carbocycles. The van der Waals surface area contributed by atoms with E-state index in [-0.39, 0.29) is 30.8 Å². The fourth-order valence-electron chi connectivity index (χ4n) is 1.69. The first-order valence-electron chi connectivity index (χ1n) is 5.19. The van der Waals surface area contributed by atoms with Gasteiger partial charge in [0.2, 0.25) is 6.41 Å². The molecule has 1 heterocycles. The maximum absolute atomic E-state index is 11.2. The first kappa shape index (κ1) is 13.4. The highest BCUT2D eigenvalue weighted by molar-refractivity contribution is 7.91. The molecule has 1 aliphatic rings. The van der Waals surface area contributed by atoms with Crippen LogP contribution >= 0.6 is 0 Å². The molecule has 0 radical (unpaired) electrons. The highest BCUT2D eigenvalue weighted by atomic mass is 32.2. The van der Waals surface area contributed by atoms with Crippen LogP contribution in [0.5, 0.6) is 0 Å². The Bertz CT molecular complexity index is 316. The van der Waals surface area contributed by atoms with Crippen LogP contribution in [-0.2, 0) is 19.4 Å². The lowest BCUT2D eigenvalue weighted by Gasteiger charge is -2.23. The number of aliphatic hydroxyl groups excluding tert-OH is 1. The van der Waals surface area contributed by atoms with Gasteiger partial charge in [0, 0.05) is 12.6 Å². The molecule has 1 saturated heterocycles. The Balaban J connectivity index is 2.34. The third-order valence-corrected chi connectivity index (χ3v) is 4.29. The van der Waals surface area contributed by atoms with E-state index in [0.29, 0.717) is 26.0 Å². The van der Waals surface area contributed by atoms with E-state index >= 15 is 0 Å². The van der Waals surface area contributed by atoms with Crippen molar-refractivity contribution in [3.05, 3.63) is 0 Å². The fraction of sp³-hybridized carbons (Fsp3) is 0.889. The topological polar surface area (TPSA) is 83.9 Å². The molecule has 0 bridgehead atoms. The molecule has 1 amide bonds. The molecule has 1 aliphatic heterocycles. The van der Waals surface area contributed by atoms with Gasteiger partial charge >= 0.3 is 0 Å². The minimum atomic E-state index is -2.97. The average molecular weight is 251 g/mol. The van der Waals surface area contributed by atoms with Crippen molar-refractivity contribution in [3.63, 3.8) is 0 Å². The van der Waals surface area contributed by atoms with Gasteiger partial charge in [0.25, 0.3) is 0 Å². The summed E-state index contributed by atoms with van der Waals surface area (Å²) < 4.78 is 27.5. The molecule has 0 aromatic rings. The maximum Gasteiger partial charge on any atom is 0.210 e. The smallest absolute Gasteiger partial charge is 0.210 e. The summed E-state index contributed by atoms with van der Waals surface area (Å²) in [5.41, 5.74) is 0. The summed E-state index contributed by atoms with van der Waals surface area (Å²) in [6.07, 6.45) is 1.16. The number of nitrogens with zero attached hydrogens (tertiary/aromatic N) is 1. The number of rotatable bonds is 7. The Morgan fingerprint density at radius 2 is 2.19 bits per heavy atom. The lowest BCUT2D eigenvalue weighted by molar-refractivity contribution is -0.120. The number of carbonyl (C=O) groups is 1. The first-order valence-corrected chi connectivity index (χ1v) is 7.01. The van der Waals surface area contributed by atoms with Crippen molar-refractivity contribution in [2.75, 3.05) is 37.9 Å². The molecule has 0 aromatic heterocycles. The largest absolute Gasteiger partial charge is 0.394 e. The zero-order valence-electron chi connectivity index (χ0n) is 9.04. The summed E-state index contributed by atoms with van der Waals surface area (Å²) in [4.78, 5) is 12.3. The molecule has 1 rings (SSSR count). The lowest BCUT2D eigenvalue weighted by Crippen LogP contribution is -2.37. The van der Waals surface area contributed by atoms with Crippen LogP contribution in [0.3, 0.4) is 0 Å². The third-order valence-electron chi connectivity index (χ3n) is 2.54. The Morgan fingerprint density at radius 1 is 1.44 bits per heavy atom. The third kappa shape index (κ3) is 4.07. The van der Waals surface area contributed by atoms with E-state index in [9.17, 15) is 13.2 Å². The Morgan fingerprint density at radius 3 is 2.69 bits per heavy atom. The molecule has 7 heteroatoms. The second kappa shape index (κ2) is 6.17. The molecule has 1 fully saturated rings. The molecule has 1 N–H and O–H groups in total. The summed E-state index contributed by atoms with van der Waals surface area (Å²) >= 11 is 0. The van der Waals surface area contributed by atoms with Crippen LogP contribution in [0.25, 0.3) is 0 Å². The predicted octanol–water partition coefficient (Wildman–Crippen LogP) is -1.36. The van der Waals surface area contributed by atoms with E-state index < -0.39 is 9.84 Å². The maximum atomic E-state index is 11.2. The summed E-state index contributed by atoms with van der Waals surface area (Å²) in [6, 6.07) is -0.222. The molecule has 6 nitrogen and oxygen atoms in total. The molecule has 0 aliphatic carbocycles. The number of aliphatic hydroxyl groups is 1. The molecule has 0 saturated carbocycles. The van der Waals surface area contributed by atoms with Crippen molar-refractivity contribution < 1.29 is 23.1 Å². The molecule has 94 valence electrons. The Hall–Kier alpha value is -0.660. The van der Waals surface area contributed by atoms with Crippen molar-refractivity contribution in [1.29, 1.82) is 0 Å². The monoisotopic (exact) mass is 251 g/mol. The van der Waals surface area contributed by atoms with Gasteiger partial charge < -0.3 is 14.7 Å². The van der Waals surface area contributed by atoms with Gasteiger partial charge in [-0.1, -0.05) is 0 Å². The van der Waals surface area contributed by atoms with Crippen molar-refractivity contribution in [3.8, 4) is 0 Å². The van der Waals surface area contributed by atoms with Gasteiger partial charge in [0.05, 0.1) is 31.3 Å².